The normalized spacial score (nSPS) is 13.4. The molecule has 80 heavy (non-hydrogen) atoms. The zero-order chi connectivity index (χ0) is 58.3. The number of phosphoric acid groups is 1. The van der Waals surface area contributed by atoms with Gasteiger partial charge in [-0.25, -0.2) is 4.57 Å². The summed E-state index contributed by atoms with van der Waals surface area (Å²) < 4.78 is 39.8. The fraction of sp³-hybridized carbons (Fsp3) is 0.868. The average Bonchev–Trinajstić information content (AvgIpc) is 3.45. The molecule has 11 nitrogen and oxygen atoms in total. The fourth-order valence-electron chi connectivity index (χ4n) is 9.90. The third-order valence-corrected chi connectivity index (χ3v) is 16.0. The molecule has 0 fully saturated rings. The number of phosphoric ester groups is 1. The van der Waals surface area contributed by atoms with Gasteiger partial charge in [-0.1, -0.05) is 301 Å². The first-order chi connectivity index (χ1) is 39.2. The Labute approximate surface area is 492 Å². The van der Waals surface area contributed by atoms with Gasteiger partial charge in [0, 0.05) is 19.3 Å². The van der Waals surface area contributed by atoms with Crippen molar-refractivity contribution in [2.45, 2.75) is 354 Å². The molecule has 470 valence electrons. The van der Waals surface area contributed by atoms with Crippen LogP contribution in [0, 0.1) is 0 Å². The maximum atomic E-state index is 13.0. The molecule has 0 saturated carbocycles. The van der Waals surface area contributed by atoms with Crippen molar-refractivity contribution in [1.29, 1.82) is 0 Å². The lowest BCUT2D eigenvalue weighted by atomic mass is 10.0. The van der Waals surface area contributed by atoms with E-state index in [1.54, 1.807) is 0 Å². The Morgan fingerprint density at radius 2 is 0.613 bits per heavy atom. The SMILES string of the molecule is CCCCC/C=C\C/C=C\C/C=C\CCCCCCCCC(=O)OCC(COP(=O)(O)OCC(CO)OC(=O)CCCCCCCCCCCCCCCCCCC)OC(=O)CCCCCCCCCCCCCCCCCCC. The summed E-state index contributed by atoms with van der Waals surface area (Å²) in [6, 6.07) is 0. The smallest absolute Gasteiger partial charge is 0.462 e. The molecular weight excluding hydrogens is 1020 g/mol. The predicted octanol–water partition coefficient (Wildman–Crippen LogP) is 20.7. The van der Waals surface area contributed by atoms with Crippen LogP contribution in [0.3, 0.4) is 0 Å². The van der Waals surface area contributed by atoms with Gasteiger partial charge in [0.2, 0.25) is 0 Å². The molecule has 3 unspecified atom stereocenters. The molecule has 0 bridgehead atoms. The summed E-state index contributed by atoms with van der Waals surface area (Å²) in [4.78, 5) is 48.8. The Hall–Kier alpha value is -2.30. The highest BCUT2D eigenvalue weighted by atomic mass is 31.2. The van der Waals surface area contributed by atoms with Gasteiger partial charge < -0.3 is 24.2 Å². The summed E-state index contributed by atoms with van der Waals surface area (Å²) in [6.45, 7) is 4.70. The Morgan fingerprint density at radius 3 is 0.963 bits per heavy atom. The van der Waals surface area contributed by atoms with Gasteiger partial charge in [0.15, 0.2) is 6.10 Å². The summed E-state index contributed by atoms with van der Waals surface area (Å²) in [5.41, 5.74) is 0. The highest BCUT2D eigenvalue weighted by Gasteiger charge is 2.28. The van der Waals surface area contributed by atoms with Crippen LogP contribution >= 0.6 is 7.82 Å². The maximum absolute atomic E-state index is 13.0. The molecule has 0 heterocycles. The predicted molar refractivity (Wildman–Crippen MR) is 335 cm³/mol. The minimum Gasteiger partial charge on any atom is -0.462 e. The van der Waals surface area contributed by atoms with E-state index in [0.29, 0.717) is 19.3 Å². The van der Waals surface area contributed by atoms with Crippen LogP contribution in [0.2, 0.25) is 0 Å². The van der Waals surface area contributed by atoms with Crippen LogP contribution in [0.1, 0.15) is 342 Å². The summed E-state index contributed by atoms with van der Waals surface area (Å²) >= 11 is 0. The van der Waals surface area contributed by atoms with Crippen molar-refractivity contribution in [3.05, 3.63) is 36.5 Å². The van der Waals surface area contributed by atoms with E-state index in [1.165, 1.54) is 193 Å². The number of unbranched alkanes of at least 4 members (excludes halogenated alkanes) is 41. The lowest BCUT2D eigenvalue weighted by Gasteiger charge is -2.21. The van der Waals surface area contributed by atoms with E-state index in [2.05, 4.69) is 57.2 Å². The Balaban J connectivity index is 4.66. The Morgan fingerprint density at radius 1 is 0.350 bits per heavy atom. The summed E-state index contributed by atoms with van der Waals surface area (Å²) in [7, 11) is -4.75. The molecule has 0 aromatic heterocycles. The van der Waals surface area contributed by atoms with Gasteiger partial charge >= 0.3 is 25.7 Å². The van der Waals surface area contributed by atoms with Crippen molar-refractivity contribution < 1.29 is 52.2 Å². The van der Waals surface area contributed by atoms with Crippen LogP contribution in [0.15, 0.2) is 36.5 Å². The number of carbonyl (C=O) groups is 3. The van der Waals surface area contributed by atoms with Gasteiger partial charge in [-0.3, -0.25) is 23.4 Å². The first-order valence-corrected chi connectivity index (χ1v) is 35.4. The van der Waals surface area contributed by atoms with Crippen molar-refractivity contribution in [3.8, 4) is 0 Å². The number of hydrogen-bond acceptors (Lipinski definition) is 10. The summed E-state index contributed by atoms with van der Waals surface area (Å²) in [5.74, 6) is -1.45. The van der Waals surface area contributed by atoms with Crippen LogP contribution in [-0.2, 0) is 42.2 Å². The number of ether oxygens (including phenoxy) is 3. The number of aliphatic hydroxyl groups excluding tert-OH is 1. The summed E-state index contributed by atoms with van der Waals surface area (Å²) in [6.07, 6.45) is 68.0. The highest BCUT2D eigenvalue weighted by Crippen LogP contribution is 2.43. The first-order valence-electron chi connectivity index (χ1n) is 33.9. The lowest BCUT2D eigenvalue weighted by molar-refractivity contribution is -0.161. The zero-order valence-electron chi connectivity index (χ0n) is 52.3. The maximum Gasteiger partial charge on any atom is 0.472 e. The van der Waals surface area contributed by atoms with E-state index < -0.39 is 57.8 Å². The quantitative estimate of drug-likeness (QED) is 0.0197. The largest absolute Gasteiger partial charge is 0.472 e. The van der Waals surface area contributed by atoms with Crippen molar-refractivity contribution in [2.75, 3.05) is 26.4 Å². The first kappa shape index (κ1) is 77.7. The molecule has 12 heteroatoms. The van der Waals surface area contributed by atoms with Crippen LogP contribution < -0.4 is 0 Å². The number of rotatable bonds is 64. The number of allylic oxidation sites excluding steroid dienone is 6. The second-order valence-corrected chi connectivity index (χ2v) is 24.5. The van der Waals surface area contributed by atoms with E-state index in [0.717, 1.165) is 89.9 Å². The Kier molecular flexibility index (Phi) is 60.9. The number of aliphatic hydroxyl groups is 1. The monoisotopic (exact) mass is 1150 g/mol. The van der Waals surface area contributed by atoms with Crippen LogP contribution in [0.25, 0.3) is 0 Å². The molecule has 0 aliphatic heterocycles. The molecule has 0 spiro atoms. The number of carbonyl (C=O) groups excluding carboxylic acids is 3. The van der Waals surface area contributed by atoms with Gasteiger partial charge in [-0.2, -0.15) is 0 Å². The minimum atomic E-state index is -4.75. The van der Waals surface area contributed by atoms with E-state index in [4.69, 9.17) is 23.3 Å². The second kappa shape index (κ2) is 62.7. The zero-order valence-corrected chi connectivity index (χ0v) is 53.2. The highest BCUT2D eigenvalue weighted by molar-refractivity contribution is 7.47. The standard InChI is InChI=1S/C68H127O11P/c1-4-7-10-13-16-19-22-25-28-31-32-35-36-39-42-45-48-51-54-57-66(70)75-61-65(79-68(72)59-56-53-50-47-44-41-38-34-30-27-24-21-18-15-12-9-6-3)63-77-80(73,74)76-62-64(60-69)78-67(71)58-55-52-49-46-43-40-37-33-29-26-23-20-17-14-11-8-5-2/h16,19,25,28,32,35,64-65,69H,4-15,17-18,20-24,26-27,29-31,33-34,36-63H2,1-3H3,(H,73,74)/b19-16-,28-25-,35-32-. The third-order valence-electron chi connectivity index (χ3n) is 15.1. The lowest BCUT2D eigenvalue weighted by Crippen LogP contribution is -2.30. The molecule has 0 aromatic rings. The molecule has 0 amide bonds. The Bertz CT molecular complexity index is 1480. The molecule has 0 saturated heterocycles. The van der Waals surface area contributed by atoms with Crippen LogP contribution in [0.4, 0.5) is 0 Å². The van der Waals surface area contributed by atoms with Gasteiger partial charge in [-0.05, 0) is 57.8 Å². The molecule has 3 atom stereocenters. The van der Waals surface area contributed by atoms with E-state index in [1.807, 2.05) is 0 Å². The second-order valence-electron chi connectivity index (χ2n) is 23.0. The average molecular weight is 1150 g/mol. The van der Waals surface area contributed by atoms with Crippen molar-refractivity contribution in [3.63, 3.8) is 0 Å². The molecule has 2 N–H and O–H groups in total. The molecule has 0 aromatic carbocycles. The molecule has 0 aliphatic carbocycles. The van der Waals surface area contributed by atoms with E-state index in [9.17, 15) is 28.9 Å². The molecule has 0 aliphatic rings. The molecule has 0 radical (unpaired) electrons. The van der Waals surface area contributed by atoms with Crippen molar-refractivity contribution in [2.24, 2.45) is 0 Å². The number of esters is 3. The van der Waals surface area contributed by atoms with Gasteiger partial charge in [0.1, 0.15) is 12.7 Å². The molecule has 0 rings (SSSR count). The molecular formula is C68H127O11P. The van der Waals surface area contributed by atoms with Crippen LogP contribution in [-0.4, -0.2) is 66.5 Å². The van der Waals surface area contributed by atoms with E-state index >= 15 is 0 Å². The minimum absolute atomic E-state index is 0.171. The third kappa shape index (κ3) is 60.3. The summed E-state index contributed by atoms with van der Waals surface area (Å²) in [5, 5.41) is 9.87. The van der Waals surface area contributed by atoms with Crippen LogP contribution in [0.5, 0.6) is 0 Å². The van der Waals surface area contributed by atoms with Gasteiger partial charge in [0.05, 0.1) is 19.8 Å². The fourth-order valence-corrected chi connectivity index (χ4v) is 10.7. The van der Waals surface area contributed by atoms with Gasteiger partial charge in [0.25, 0.3) is 0 Å². The van der Waals surface area contributed by atoms with Crippen molar-refractivity contribution in [1.82, 2.24) is 0 Å². The topological polar surface area (TPSA) is 155 Å². The number of hydrogen-bond donors (Lipinski definition) is 2. The van der Waals surface area contributed by atoms with Crippen molar-refractivity contribution >= 4 is 25.7 Å². The van der Waals surface area contributed by atoms with Gasteiger partial charge in [-0.15, -0.1) is 0 Å². The van der Waals surface area contributed by atoms with E-state index in [-0.39, 0.29) is 25.9 Å².